The number of anilines is 1. The number of rotatable bonds is 9. The Labute approximate surface area is 208 Å². The van der Waals surface area contributed by atoms with Crippen molar-refractivity contribution in [3.05, 3.63) is 57.5 Å². The molecule has 7 nitrogen and oxygen atoms in total. The summed E-state index contributed by atoms with van der Waals surface area (Å²) in [6.07, 6.45) is 1.61. The molecule has 0 radical (unpaired) electrons. The maximum atomic E-state index is 12.8. The highest BCUT2D eigenvalue weighted by Crippen LogP contribution is 2.35. The number of imide groups is 1. The molecular formula is C25H27ClN2O5S. The lowest BCUT2D eigenvalue weighted by Crippen LogP contribution is -2.36. The zero-order valence-electron chi connectivity index (χ0n) is 19.5. The Balaban J connectivity index is 1.73. The summed E-state index contributed by atoms with van der Waals surface area (Å²) in [5, 5.41) is 2.67. The summed E-state index contributed by atoms with van der Waals surface area (Å²) >= 11 is 6.78. The molecule has 1 heterocycles. The van der Waals surface area contributed by atoms with Crippen LogP contribution in [0.15, 0.2) is 41.3 Å². The molecule has 0 spiro atoms. The fourth-order valence-electron chi connectivity index (χ4n) is 3.11. The van der Waals surface area contributed by atoms with Crippen LogP contribution in [-0.2, 0) is 9.59 Å². The number of nitrogens with one attached hydrogen (secondary N) is 1. The van der Waals surface area contributed by atoms with Gasteiger partial charge >= 0.3 is 0 Å². The minimum Gasteiger partial charge on any atom is -0.490 e. The predicted molar refractivity (Wildman–Crippen MR) is 135 cm³/mol. The van der Waals surface area contributed by atoms with Gasteiger partial charge in [0.2, 0.25) is 5.91 Å². The van der Waals surface area contributed by atoms with Crippen LogP contribution in [0.1, 0.15) is 31.9 Å². The van der Waals surface area contributed by atoms with E-state index in [1.807, 2.05) is 13.8 Å². The second-order valence-electron chi connectivity index (χ2n) is 8.12. The van der Waals surface area contributed by atoms with Gasteiger partial charge in [-0.25, -0.2) is 0 Å². The van der Waals surface area contributed by atoms with Crippen molar-refractivity contribution >= 4 is 52.2 Å². The third-order valence-corrected chi connectivity index (χ3v) is 5.93. The largest absolute Gasteiger partial charge is 0.490 e. The van der Waals surface area contributed by atoms with Crippen molar-refractivity contribution in [1.29, 1.82) is 0 Å². The third-order valence-electron chi connectivity index (χ3n) is 4.79. The van der Waals surface area contributed by atoms with Crippen LogP contribution in [0.2, 0.25) is 5.02 Å². The second kappa shape index (κ2) is 11.4. The van der Waals surface area contributed by atoms with Crippen LogP contribution in [0, 0.1) is 12.8 Å². The van der Waals surface area contributed by atoms with E-state index in [1.165, 1.54) is 0 Å². The number of carbonyl (C=O) groups is 3. The lowest BCUT2D eigenvalue weighted by atomic mass is 10.1. The van der Waals surface area contributed by atoms with E-state index < -0.39 is 17.1 Å². The first-order valence-corrected chi connectivity index (χ1v) is 12.1. The van der Waals surface area contributed by atoms with Crippen LogP contribution in [-0.4, -0.2) is 41.7 Å². The van der Waals surface area contributed by atoms with Crippen molar-refractivity contribution < 1.29 is 23.9 Å². The number of hydrogen-bond acceptors (Lipinski definition) is 6. The average Bonchev–Trinajstić information content (AvgIpc) is 3.03. The molecule has 3 amide bonds. The average molecular weight is 503 g/mol. The second-order valence-corrected chi connectivity index (χ2v) is 9.55. The quantitative estimate of drug-likeness (QED) is 0.439. The maximum Gasteiger partial charge on any atom is 0.294 e. The van der Waals surface area contributed by atoms with E-state index in [1.54, 1.807) is 42.5 Å². The Morgan fingerprint density at radius 1 is 1.15 bits per heavy atom. The summed E-state index contributed by atoms with van der Waals surface area (Å²) in [6.45, 7) is 8.43. The fourth-order valence-corrected chi connectivity index (χ4v) is 4.12. The van der Waals surface area contributed by atoms with Gasteiger partial charge in [0.1, 0.15) is 6.54 Å². The normalized spacial score (nSPS) is 14.8. The van der Waals surface area contributed by atoms with Gasteiger partial charge in [-0.1, -0.05) is 37.6 Å². The van der Waals surface area contributed by atoms with Crippen molar-refractivity contribution in [2.75, 3.05) is 25.1 Å². The van der Waals surface area contributed by atoms with Crippen LogP contribution in [0.5, 0.6) is 11.5 Å². The summed E-state index contributed by atoms with van der Waals surface area (Å²) in [7, 11) is 0. The molecule has 180 valence electrons. The van der Waals surface area contributed by atoms with E-state index >= 15 is 0 Å². The van der Waals surface area contributed by atoms with Gasteiger partial charge < -0.3 is 14.8 Å². The number of thioether (sulfide) groups is 1. The molecule has 2 aromatic carbocycles. The lowest BCUT2D eigenvalue weighted by Gasteiger charge is -2.14. The molecule has 3 rings (SSSR count). The minimum atomic E-state index is -0.522. The van der Waals surface area contributed by atoms with Crippen molar-refractivity contribution in [2.45, 2.75) is 27.7 Å². The van der Waals surface area contributed by atoms with E-state index in [0.717, 1.165) is 22.2 Å². The molecule has 1 saturated heterocycles. The van der Waals surface area contributed by atoms with E-state index in [4.69, 9.17) is 21.1 Å². The summed E-state index contributed by atoms with van der Waals surface area (Å²) in [6, 6.07) is 10.4. The number of benzene rings is 2. The zero-order chi connectivity index (χ0) is 24.8. The van der Waals surface area contributed by atoms with Crippen molar-refractivity contribution in [3.8, 4) is 11.5 Å². The molecule has 2 aromatic rings. The van der Waals surface area contributed by atoms with Crippen LogP contribution >= 0.6 is 23.4 Å². The smallest absolute Gasteiger partial charge is 0.294 e. The highest BCUT2D eigenvalue weighted by Gasteiger charge is 2.36. The summed E-state index contributed by atoms with van der Waals surface area (Å²) in [5.74, 6) is 0.534. The Hall–Kier alpha value is -2.97. The highest BCUT2D eigenvalue weighted by atomic mass is 35.5. The summed E-state index contributed by atoms with van der Waals surface area (Å²) < 4.78 is 11.5. The molecule has 0 unspecified atom stereocenters. The Bertz CT molecular complexity index is 1130. The summed E-state index contributed by atoms with van der Waals surface area (Å²) in [5.41, 5.74) is 2.03. The Kier molecular flexibility index (Phi) is 8.63. The molecule has 1 N–H and O–H groups in total. The maximum absolute atomic E-state index is 12.8. The van der Waals surface area contributed by atoms with Gasteiger partial charge in [-0.05, 0) is 73.0 Å². The molecule has 0 bridgehead atoms. The topological polar surface area (TPSA) is 84.9 Å². The van der Waals surface area contributed by atoms with E-state index in [0.29, 0.717) is 46.9 Å². The number of nitrogens with zero attached hydrogens (tertiary/aromatic N) is 1. The van der Waals surface area contributed by atoms with Gasteiger partial charge in [0.25, 0.3) is 11.1 Å². The van der Waals surface area contributed by atoms with Gasteiger partial charge in [-0.3, -0.25) is 19.3 Å². The molecule has 1 aliphatic heterocycles. The lowest BCUT2D eigenvalue weighted by molar-refractivity contribution is -0.127. The molecule has 0 aromatic heterocycles. The van der Waals surface area contributed by atoms with E-state index in [-0.39, 0.29) is 11.4 Å². The molecule has 1 aliphatic rings. The first-order valence-electron chi connectivity index (χ1n) is 10.9. The van der Waals surface area contributed by atoms with Gasteiger partial charge in [0, 0.05) is 10.7 Å². The number of aryl methyl sites for hydroxylation is 1. The van der Waals surface area contributed by atoms with Gasteiger partial charge in [0.15, 0.2) is 11.5 Å². The van der Waals surface area contributed by atoms with Crippen LogP contribution in [0.3, 0.4) is 0 Å². The molecule has 34 heavy (non-hydrogen) atoms. The standard InChI is InChI=1S/C25H27ClN2O5S/c1-5-32-21-10-17(7-9-20(21)33-14-15(2)3)11-22-24(30)28(25(31)34-22)13-23(29)27-19-12-18(26)8-6-16(19)4/h6-12,15H,5,13-14H2,1-4H3,(H,27,29)/b22-11-. The monoisotopic (exact) mass is 502 g/mol. The summed E-state index contributed by atoms with van der Waals surface area (Å²) in [4.78, 5) is 38.9. The van der Waals surface area contributed by atoms with Crippen molar-refractivity contribution in [3.63, 3.8) is 0 Å². The number of hydrogen-bond donors (Lipinski definition) is 1. The minimum absolute atomic E-state index is 0.232. The molecule has 0 saturated carbocycles. The molecule has 9 heteroatoms. The van der Waals surface area contributed by atoms with Gasteiger partial charge in [-0.2, -0.15) is 0 Å². The predicted octanol–water partition coefficient (Wildman–Crippen LogP) is 5.76. The number of ether oxygens (including phenoxy) is 2. The first kappa shape index (κ1) is 25.6. The SMILES string of the molecule is CCOc1cc(/C=C2\SC(=O)N(CC(=O)Nc3cc(Cl)ccc3C)C2=O)ccc1OCC(C)C. The number of amides is 3. The van der Waals surface area contributed by atoms with Crippen molar-refractivity contribution in [2.24, 2.45) is 5.92 Å². The van der Waals surface area contributed by atoms with E-state index in [2.05, 4.69) is 19.2 Å². The van der Waals surface area contributed by atoms with Crippen LogP contribution in [0.4, 0.5) is 10.5 Å². The van der Waals surface area contributed by atoms with Crippen molar-refractivity contribution in [1.82, 2.24) is 4.90 Å². The molecule has 0 aliphatic carbocycles. The third kappa shape index (κ3) is 6.55. The molecule has 1 fully saturated rings. The molecular weight excluding hydrogens is 476 g/mol. The zero-order valence-corrected chi connectivity index (χ0v) is 21.1. The Morgan fingerprint density at radius 2 is 1.91 bits per heavy atom. The number of halogens is 1. The van der Waals surface area contributed by atoms with Crippen LogP contribution in [0.25, 0.3) is 6.08 Å². The first-order chi connectivity index (χ1) is 16.2. The molecule has 0 atom stereocenters. The highest BCUT2D eigenvalue weighted by molar-refractivity contribution is 8.18. The van der Waals surface area contributed by atoms with E-state index in [9.17, 15) is 14.4 Å². The van der Waals surface area contributed by atoms with Gasteiger partial charge in [0.05, 0.1) is 18.1 Å². The number of carbonyl (C=O) groups excluding carboxylic acids is 3. The van der Waals surface area contributed by atoms with Gasteiger partial charge in [-0.15, -0.1) is 0 Å². The van der Waals surface area contributed by atoms with Crippen LogP contribution < -0.4 is 14.8 Å². The fraction of sp³-hybridized carbons (Fsp3) is 0.320. The Morgan fingerprint density at radius 3 is 2.62 bits per heavy atom.